The van der Waals surface area contributed by atoms with Gasteiger partial charge in [-0.2, -0.15) is 0 Å². The smallest absolute Gasteiger partial charge is 0.134 e. The summed E-state index contributed by atoms with van der Waals surface area (Å²) in [4.78, 5) is 0. The van der Waals surface area contributed by atoms with Gasteiger partial charge in [0.15, 0.2) is 0 Å². The van der Waals surface area contributed by atoms with Crippen molar-refractivity contribution in [2.24, 2.45) is 5.92 Å². The molecule has 0 aromatic carbocycles. The van der Waals surface area contributed by atoms with Gasteiger partial charge in [0.05, 0.1) is 6.54 Å². The SMILES string of the molecule is CC1CC1c1ccc(CNCCc2nnc3n2CCCCC3)o1. The third kappa shape index (κ3) is 3.34. The maximum atomic E-state index is 5.93. The maximum absolute atomic E-state index is 5.93. The summed E-state index contributed by atoms with van der Waals surface area (Å²) in [6, 6.07) is 4.25. The van der Waals surface area contributed by atoms with E-state index in [1.54, 1.807) is 0 Å². The summed E-state index contributed by atoms with van der Waals surface area (Å²) in [7, 11) is 0. The lowest BCUT2D eigenvalue weighted by Crippen LogP contribution is -2.18. The first-order chi connectivity index (χ1) is 11.3. The average molecular weight is 314 g/mol. The Labute approximate surface area is 137 Å². The molecule has 2 aromatic rings. The number of aryl methyl sites for hydroxylation is 1. The second kappa shape index (κ2) is 6.48. The number of hydrogen-bond acceptors (Lipinski definition) is 4. The Kier molecular flexibility index (Phi) is 4.21. The molecule has 1 aliphatic heterocycles. The van der Waals surface area contributed by atoms with Gasteiger partial charge >= 0.3 is 0 Å². The zero-order valence-electron chi connectivity index (χ0n) is 13.9. The lowest BCUT2D eigenvalue weighted by Gasteiger charge is -2.07. The van der Waals surface area contributed by atoms with Crippen LogP contribution in [0.15, 0.2) is 16.5 Å². The van der Waals surface area contributed by atoms with E-state index in [1.807, 2.05) is 0 Å². The molecule has 2 unspecified atom stereocenters. The Morgan fingerprint density at radius 3 is 3.04 bits per heavy atom. The van der Waals surface area contributed by atoms with E-state index in [2.05, 4.69) is 39.1 Å². The minimum atomic E-state index is 0.662. The summed E-state index contributed by atoms with van der Waals surface area (Å²) in [6.07, 6.45) is 7.09. The standard InChI is InChI=1S/C18H26N4O/c1-13-11-15(13)16-7-6-14(23-16)12-19-9-8-18-21-20-17-5-3-2-4-10-22(17)18/h6-7,13,15,19H,2-5,8-12H2,1H3. The predicted molar refractivity (Wildman–Crippen MR) is 88.2 cm³/mol. The fraction of sp³-hybridized carbons (Fsp3) is 0.667. The quantitative estimate of drug-likeness (QED) is 0.833. The topological polar surface area (TPSA) is 55.9 Å². The third-order valence-corrected chi connectivity index (χ3v) is 5.17. The molecule has 5 nitrogen and oxygen atoms in total. The van der Waals surface area contributed by atoms with Gasteiger partial charge in [0.25, 0.3) is 0 Å². The van der Waals surface area contributed by atoms with Crippen LogP contribution in [0.1, 0.15) is 61.7 Å². The molecule has 1 aliphatic carbocycles. The molecule has 4 rings (SSSR count). The van der Waals surface area contributed by atoms with Crippen LogP contribution in [-0.4, -0.2) is 21.3 Å². The van der Waals surface area contributed by atoms with Crippen molar-refractivity contribution < 1.29 is 4.42 Å². The van der Waals surface area contributed by atoms with E-state index in [0.29, 0.717) is 5.92 Å². The summed E-state index contributed by atoms with van der Waals surface area (Å²) in [5, 5.41) is 12.2. The molecule has 0 saturated heterocycles. The van der Waals surface area contributed by atoms with E-state index in [-0.39, 0.29) is 0 Å². The highest BCUT2D eigenvalue weighted by atomic mass is 16.3. The number of furan rings is 1. The molecular weight excluding hydrogens is 288 g/mol. The molecule has 2 aromatic heterocycles. The number of rotatable bonds is 6. The zero-order chi connectivity index (χ0) is 15.6. The summed E-state index contributed by atoms with van der Waals surface area (Å²) in [5.41, 5.74) is 0. The Morgan fingerprint density at radius 1 is 1.26 bits per heavy atom. The molecule has 1 N–H and O–H groups in total. The highest BCUT2D eigenvalue weighted by Crippen LogP contribution is 2.47. The summed E-state index contributed by atoms with van der Waals surface area (Å²) in [5.74, 6) is 5.96. The lowest BCUT2D eigenvalue weighted by atomic mass is 10.2. The third-order valence-electron chi connectivity index (χ3n) is 5.17. The highest BCUT2D eigenvalue weighted by molar-refractivity contribution is 5.17. The molecule has 0 spiro atoms. The van der Waals surface area contributed by atoms with Crippen molar-refractivity contribution in [3.63, 3.8) is 0 Å². The summed E-state index contributed by atoms with van der Waals surface area (Å²) in [6.45, 7) is 5.07. The van der Waals surface area contributed by atoms with Gasteiger partial charge in [0.2, 0.25) is 0 Å². The number of nitrogens with zero attached hydrogens (tertiary/aromatic N) is 3. The van der Waals surface area contributed by atoms with Gasteiger partial charge in [0.1, 0.15) is 23.2 Å². The molecule has 2 atom stereocenters. The number of aromatic nitrogens is 3. The van der Waals surface area contributed by atoms with Gasteiger partial charge in [-0.3, -0.25) is 0 Å². The van der Waals surface area contributed by atoms with Crippen molar-refractivity contribution in [2.45, 2.75) is 64.5 Å². The maximum Gasteiger partial charge on any atom is 0.134 e. The molecule has 0 radical (unpaired) electrons. The van der Waals surface area contributed by atoms with Crippen LogP contribution in [0.25, 0.3) is 0 Å². The van der Waals surface area contributed by atoms with Crippen LogP contribution in [0, 0.1) is 5.92 Å². The Morgan fingerprint density at radius 2 is 2.17 bits per heavy atom. The van der Waals surface area contributed by atoms with E-state index in [4.69, 9.17) is 4.42 Å². The highest BCUT2D eigenvalue weighted by Gasteiger charge is 2.36. The van der Waals surface area contributed by atoms with Gasteiger partial charge in [0, 0.05) is 31.8 Å². The second-order valence-corrected chi connectivity index (χ2v) is 7.05. The summed E-state index contributed by atoms with van der Waals surface area (Å²) >= 11 is 0. The Bertz CT molecular complexity index is 660. The normalized spacial score (nSPS) is 23.5. The first-order valence-corrected chi connectivity index (χ1v) is 9.01. The molecular formula is C18H26N4O. The van der Waals surface area contributed by atoms with Gasteiger partial charge < -0.3 is 14.3 Å². The molecule has 2 aliphatic rings. The van der Waals surface area contributed by atoms with Crippen molar-refractivity contribution in [3.05, 3.63) is 35.3 Å². The van der Waals surface area contributed by atoms with E-state index in [9.17, 15) is 0 Å². The van der Waals surface area contributed by atoms with Crippen molar-refractivity contribution in [1.29, 1.82) is 0 Å². The number of fused-ring (bicyclic) bond motifs is 1. The zero-order valence-corrected chi connectivity index (χ0v) is 13.9. The molecule has 23 heavy (non-hydrogen) atoms. The van der Waals surface area contributed by atoms with Gasteiger partial charge in [-0.15, -0.1) is 10.2 Å². The van der Waals surface area contributed by atoms with Crippen LogP contribution in [-0.2, 0) is 25.9 Å². The van der Waals surface area contributed by atoms with Crippen LogP contribution in [0.4, 0.5) is 0 Å². The van der Waals surface area contributed by atoms with Gasteiger partial charge in [-0.25, -0.2) is 0 Å². The van der Waals surface area contributed by atoms with E-state index < -0.39 is 0 Å². The van der Waals surface area contributed by atoms with Gasteiger partial charge in [-0.05, 0) is 37.3 Å². The van der Waals surface area contributed by atoms with Gasteiger partial charge in [-0.1, -0.05) is 13.3 Å². The van der Waals surface area contributed by atoms with Crippen LogP contribution in [0.2, 0.25) is 0 Å². The van der Waals surface area contributed by atoms with Crippen molar-refractivity contribution in [2.75, 3.05) is 6.54 Å². The Hall–Kier alpha value is -1.62. The van der Waals surface area contributed by atoms with Crippen molar-refractivity contribution >= 4 is 0 Å². The average Bonchev–Trinajstić information content (AvgIpc) is 3.01. The fourth-order valence-electron chi connectivity index (χ4n) is 3.55. The van der Waals surface area contributed by atoms with Crippen molar-refractivity contribution in [1.82, 2.24) is 20.1 Å². The monoisotopic (exact) mass is 314 g/mol. The molecule has 0 bridgehead atoms. The molecule has 124 valence electrons. The van der Waals surface area contributed by atoms with Crippen LogP contribution in [0.5, 0.6) is 0 Å². The first kappa shape index (κ1) is 14.9. The van der Waals surface area contributed by atoms with Crippen LogP contribution < -0.4 is 5.32 Å². The van der Waals surface area contributed by atoms with Crippen LogP contribution in [0.3, 0.4) is 0 Å². The van der Waals surface area contributed by atoms with E-state index in [0.717, 1.165) is 55.7 Å². The molecule has 1 saturated carbocycles. The Balaban J connectivity index is 1.26. The minimum Gasteiger partial charge on any atom is -0.464 e. The van der Waals surface area contributed by atoms with Crippen molar-refractivity contribution in [3.8, 4) is 0 Å². The largest absolute Gasteiger partial charge is 0.464 e. The predicted octanol–water partition coefficient (Wildman–Crippen LogP) is 3.05. The molecule has 3 heterocycles. The number of nitrogens with one attached hydrogen (secondary N) is 1. The lowest BCUT2D eigenvalue weighted by molar-refractivity contribution is 0.444. The first-order valence-electron chi connectivity index (χ1n) is 9.01. The molecule has 0 amide bonds. The fourth-order valence-corrected chi connectivity index (χ4v) is 3.55. The number of hydrogen-bond donors (Lipinski definition) is 1. The summed E-state index contributed by atoms with van der Waals surface area (Å²) < 4.78 is 8.25. The van der Waals surface area contributed by atoms with Crippen LogP contribution >= 0.6 is 0 Å². The van der Waals surface area contributed by atoms with E-state index in [1.165, 1.54) is 31.5 Å². The van der Waals surface area contributed by atoms with E-state index >= 15 is 0 Å². The minimum absolute atomic E-state index is 0.662. The molecule has 5 heteroatoms. The molecule has 1 fully saturated rings. The second-order valence-electron chi connectivity index (χ2n) is 7.05.